The molecule has 1 saturated carbocycles. The van der Waals surface area contributed by atoms with Gasteiger partial charge >= 0.3 is 0 Å². The van der Waals surface area contributed by atoms with Crippen LogP contribution in [0.2, 0.25) is 0 Å². The first-order valence-corrected chi connectivity index (χ1v) is 5.88. The van der Waals surface area contributed by atoms with Gasteiger partial charge in [0.2, 0.25) is 5.91 Å². The number of carbonyl (C=O) groups is 1. The summed E-state index contributed by atoms with van der Waals surface area (Å²) in [7, 11) is 0. The van der Waals surface area contributed by atoms with Crippen LogP contribution in [0.5, 0.6) is 0 Å². The number of rotatable bonds is 1. The molecule has 0 bridgehead atoms. The number of amides is 1. The minimum absolute atomic E-state index is 0.266. The first-order valence-electron chi connectivity index (χ1n) is 5.88. The summed E-state index contributed by atoms with van der Waals surface area (Å²) in [5.74, 6) is 0.633. The Balaban J connectivity index is 1.90. The average Bonchev–Trinajstić information content (AvgIpc) is 2.30. The molecule has 82 valence electrons. The van der Waals surface area contributed by atoms with Crippen molar-refractivity contribution in [1.29, 1.82) is 0 Å². The molecule has 0 spiro atoms. The molecule has 1 heterocycles. The molecule has 0 radical (unpaired) electrons. The predicted octanol–water partition coefficient (Wildman–Crippen LogP) is 2.52. The molecule has 1 fully saturated rings. The highest BCUT2D eigenvalue weighted by Crippen LogP contribution is 2.28. The summed E-state index contributed by atoms with van der Waals surface area (Å²) < 4.78 is 0. The third-order valence-corrected chi connectivity index (χ3v) is 3.41. The third kappa shape index (κ3) is 2.49. The molecule has 1 aliphatic carbocycles. The molecule has 2 aliphatic rings. The summed E-state index contributed by atoms with van der Waals surface area (Å²) >= 11 is 0. The van der Waals surface area contributed by atoms with E-state index < -0.39 is 0 Å². The number of carbonyl (C=O) groups excluding carboxylic acids is 1. The molecule has 0 saturated heterocycles. The van der Waals surface area contributed by atoms with Gasteiger partial charge in [-0.15, -0.1) is 0 Å². The predicted molar refractivity (Wildman–Crippen MR) is 61.4 cm³/mol. The Morgan fingerprint density at radius 1 is 1.33 bits per heavy atom. The average molecular weight is 205 g/mol. The highest BCUT2D eigenvalue weighted by atomic mass is 16.2. The van der Waals surface area contributed by atoms with Gasteiger partial charge in [0.25, 0.3) is 0 Å². The van der Waals surface area contributed by atoms with Crippen LogP contribution in [0.4, 0.5) is 0 Å². The Hall–Kier alpha value is -1.05. The Bertz CT molecular complexity index is 283. The molecule has 1 aliphatic heterocycles. The van der Waals surface area contributed by atoms with Crippen molar-refractivity contribution in [2.24, 2.45) is 5.92 Å². The van der Waals surface area contributed by atoms with Crippen LogP contribution in [0.3, 0.4) is 0 Å². The Morgan fingerprint density at radius 2 is 2.07 bits per heavy atom. The van der Waals surface area contributed by atoms with Crippen LogP contribution < -0.4 is 0 Å². The van der Waals surface area contributed by atoms with Gasteiger partial charge in [-0.1, -0.05) is 24.3 Å². The SMILES string of the molecule is C=C1CCC(C(=O)N2CC=CCC2)CC1. The number of allylic oxidation sites excluding steroid dienone is 1. The maximum atomic E-state index is 12.1. The van der Waals surface area contributed by atoms with Gasteiger partial charge in [-0.3, -0.25) is 4.79 Å². The van der Waals surface area contributed by atoms with E-state index in [1.807, 2.05) is 4.90 Å². The Labute approximate surface area is 91.6 Å². The molecule has 1 amide bonds. The Morgan fingerprint density at radius 3 is 2.67 bits per heavy atom. The van der Waals surface area contributed by atoms with Crippen molar-refractivity contribution in [3.63, 3.8) is 0 Å². The van der Waals surface area contributed by atoms with Gasteiger partial charge in [-0.05, 0) is 32.1 Å². The van der Waals surface area contributed by atoms with Crippen molar-refractivity contribution in [2.75, 3.05) is 13.1 Å². The Kier molecular flexibility index (Phi) is 3.24. The van der Waals surface area contributed by atoms with E-state index >= 15 is 0 Å². The molecule has 2 nitrogen and oxygen atoms in total. The van der Waals surface area contributed by atoms with E-state index in [1.165, 1.54) is 5.57 Å². The van der Waals surface area contributed by atoms with E-state index in [4.69, 9.17) is 0 Å². The van der Waals surface area contributed by atoms with Crippen molar-refractivity contribution in [2.45, 2.75) is 32.1 Å². The third-order valence-electron chi connectivity index (χ3n) is 3.41. The fraction of sp³-hybridized carbons (Fsp3) is 0.615. The van der Waals surface area contributed by atoms with E-state index in [-0.39, 0.29) is 5.92 Å². The number of nitrogens with zero attached hydrogens (tertiary/aromatic N) is 1. The maximum Gasteiger partial charge on any atom is 0.225 e. The van der Waals surface area contributed by atoms with Crippen LogP contribution in [-0.4, -0.2) is 23.9 Å². The van der Waals surface area contributed by atoms with Crippen molar-refractivity contribution in [3.05, 3.63) is 24.3 Å². The highest BCUT2D eigenvalue weighted by molar-refractivity contribution is 5.79. The number of hydrogen-bond donors (Lipinski definition) is 0. The number of hydrogen-bond acceptors (Lipinski definition) is 1. The molecule has 0 aromatic rings. The molecular weight excluding hydrogens is 186 g/mol. The van der Waals surface area contributed by atoms with Gasteiger partial charge in [0.1, 0.15) is 0 Å². The largest absolute Gasteiger partial charge is 0.338 e. The molecule has 2 heteroatoms. The van der Waals surface area contributed by atoms with Gasteiger partial charge in [0.15, 0.2) is 0 Å². The van der Waals surface area contributed by atoms with E-state index in [9.17, 15) is 4.79 Å². The normalized spacial score (nSPS) is 23.2. The van der Waals surface area contributed by atoms with Crippen LogP contribution >= 0.6 is 0 Å². The lowest BCUT2D eigenvalue weighted by Gasteiger charge is -2.30. The summed E-state index contributed by atoms with van der Waals surface area (Å²) in [6, 6.07) is 0. The zero-order chi connectivity index (χ0) is 10.7. The fourth-order valence-electron chi connectivity index (χ4n) is 2.37. The van der Waals surface area contributed by atoms with Crippen LogP contribution in [-0.2, 0) is 4.79 Å². The van der Waals surface area contributed by atoms with Crippen molar-refractivity contribution in [1.82, 2.24) is 4.90 Å². The second-order valence-electron chi connectivity index (χ2n) is 4.57. The summed E-state index contributed by atoms with van der Waals surface area (Å²) in [6.07, 6.45) is 9.39. The van der Waals surface area contributed by atoms with Gasteiger partial charge in [0, 0.05) is 19.0 Å². The van der Waals surface area contributed by atoms with Gasteiger partial charge in [-0.2, -0.15) is 0 Å². The minimum atomic E-state index is 0.266. The summed E-state index contributed by atoms with van der Waals surface area (Å²) in [6.45, 7) is 5.71. The second kappa shape index (κ2) is 4.65. The van der Waals surface area contributed by atoms with E-state index in [0.29, 0.717) is 5.91 Å². The first kappa shape index (κ1) is 10.5. The lowest BCUT2D eigenvalue weighted by atomic mass is 9.85. The zero-order valence-electron chi connectivity index (χ0n) is 9.24. The topological polar surface area (TPSA) is 20.3 Å². The minimum Gasteiger partial charge on any atom is -0.338 e. The van der Waals surface area contributed by atoms with Crippen LogP contribution in [0, 0.1) is 5.92 Å². The van der Waals surface area contributed by atoms with Gasteiger partial charge < -0.3 is 4.90 Å². The van der Waals surface area contributed by atoms with Gasteiger partial charge in [-0.25, -0.2) is 0 Å². The monoisotopic (exact) mass is 205 g/mol. The van der Waals surface area contributed by atoms with Gasteiger partial charge in [0.05, 0.1) is 0 Å². The van der Waals surface area contributed by atoms with Crippen LogP contribution in [0.15, 0.2) is 24.3 Å². The summed E-state index contributed by atoms with van der Waals surface area (Å²) in [5.41, 5.74) is 1.32. The van der Waals surface area contributed by atoms with Crippen molar-refractivity contribution in [3.8, 4) is 0 Å². The molecule has 0 N–H and O–H groups in total. The molecule has 2 rings (SSSR count). The fourth-order valence-corrected chi connectivity index (χ4v) is 2.37. The summed E-state index contributed by atoms with van der Waals surface area (Å²) in [5, 5.41) is 0. The van der Waals surface area contributed by atoms with E-state index in [1.54, 1.807) is 0 Å². The maximum absolute atomic E-state index is 12.1. The smallest absolute Gasteiger partial charge is 0.225 e. The van der Waals surface area contributed by atoms with Crippen molar-refractivity contribution >= 4 is 5.91 Å². The second-order valence-corrected chi connectivity index (χ2v) is 4.57. The molecule has 0 unspecified atom stereocenters. The summed E-state index contributed by atoms with van der Waals surface area (Å²) in [4.78, 5) is 14.1. The molecule has 0 aromatic carbocycles. The highest BCUT2D eigenvalue weighted by Gasteiger charge is 2.26. The molecule has 0 atom stereocenters. The lowest BCUT2D eigenvalue weighted by molar-refractivity contribution is -0.135. The van der Waals surface area contributed by atoms with Crippen molar-refractivity contribution < 1.29 is 4.79 Å². The zero-order valence-corrected chi connectivity index (χ0v) is 9.24. The van der Waals surface area contributed by atoms with E-state index in [2.05, 4.69) is 18.7 Å². The first-order chi connectivity index (χ1) is 7.27. The quantitative estimate of drug-likeness (QED) is 0.602. The van der Waals surface area contributed by atoms with E-state index in [0.717, 1.165) is 45.2 Å². The molecule has 15 heavy (non-hydrogen) atoms. The lowest BCUT2D eigenvalue weighted by Crippen LogP contribution is -2.39. The molecule has 0 aromatic heterocycles. The van der Waals surface area contributed by atoms with Crippen LogP contribution in [0.1, 0.15) is 32.1 Å². The van der Waals surface area contributed by atoms with Crippen LogP contribution in [0.25, 0.3) is 0 Å². The molecular formula is C13H19NO. The standard InChI is InChI=1S/C13H19NO/c1-11-5-7-12(8-6-11)13(15)14-9-3-2-4-10-14/h2-3,12H,1,4-10H2.